The van der Waals surface area contributed by atoms with E-state index in [1.165, 1.54) is 21.6 Å². The van der Waals surface area contributed by atoms with Crippen LogP contribution in [0, 0.1) is 0 Å². The molecule has 1 saturated heterocycles. The third-order valence-electron chi connectivity index (χ3n) is 2.58. The van der Waals surface area contributed by atoms with Crippen molar-refractivity contribution in [2.45, 2.75) is 19.0 Å². The topological polar surface area (TPSA) is 90.0 Å². The lowest BCUT2D eigenvalue weighted by Crippen LogP contribution is -2.52. The predicted octanol–water partition coefficient (Wildman–Crippen LogP) is -0.368. The number of thioether (sulfide) groups is 1. The Hall–Kier alpha value is -1.44. The van der Waals surface area contributed by atoms with Crippen LogP contribution in [0.4, 0.5) is 4.79 Å². The number of urea groups is 1. The van der Waals surface area contributed by atoms with Crippen LogP contribution in [0.15, 0.2) is 0 Å². The fraction of sp³-hybridized carbons (Fsp3) is 0.700. The van der Waals surface area contributed by atoms with Gasteiger partial charge in [0.25, 0.3) is 0 Å². The van der Waals surface area contributed by atoms with E-state index in [4.69, 9.17) is 5.11 Å². The van der Waals surface area contributed by atoms with Crippen LogP contribution in [0.5, 0.6) is 0 Å². The van der Waals surface area contributed by atoms with Crippen molar-refractivity contribution >= 4 is 29.7 Å². The number of hydrogen-bond acceptors (Lipinski definition) is 4. The van der Waals surface area contributed by atoms with Crippen LogP contribution < -0.4 is 5.32 Å². The maximum absolute atomic E-state index is 11.9. The molecule has 0 aromatic heterocycles. The van der Waals surface area contributed by atoms with Crippen molar-refractivity contribution in [3.8, 4) is 0 Å². The second-order valence-electron chi connectivity index (χ2n) is 4.23. The van der Waals surface area contributed by atoms with Gasteiger partial charge in [0.2, 0.25) is 5.91 Å². The smallest absolute Gasteiger partial charge is 0.327 e. The number of nitrogens with one attached hydrogen (secondary N) is 1. The molecular weight excluding hydrogens is 258 g/mol. The molecule has 1 aliphatic heterocycles. The minimum atomic E-state index is -1.03. The Morgan fingerprint density at radius 2 is 2.06 bits per heavy atom. The van der Waals surface area contributed by atoms with Gasteiger partial charge in [-0.1, -0.05) is 0 Å². The zero-order valence-electron chi connectivity index (χ0n) is 10.5. The molecule has 0 saturated carbocycles. The van der Waals surface area contributed by atoms with Crippen LogP contribution in [0.25, 0.3) is 0 Å². The standard InChI is InChI=1S/C10H17N3O4S/c1-6(8(14)12(2)3)11-10(17)13-5-18-4-7(13)9(15)16/h6-7H,4-5H2,1-3H3,(H,11,17)(H,15,16). The normalized spacial score (nSPS) is 20.4. The number of likely N-dealkylation sites (N-methyl/N-ethyl adjacent to an activating group) is 1. The van der Waals surface area contributed by atoms with E-state index in [1.54, 1.807) is 21.0 Å². The van der Waals surface area contributed by atoms with Gasteiger partial charge in [-0.25, -0.2) is 9.59 Å². The van der Waals surface area contributed by atoms with Crippen molar-refractivity contribution < 1.29 is 19.5 Å². The molecule has 2 atom stereocenters. The monoisotopic (exact) mass is 275 g/mol. The summed E-state index contributed by atoms with van der Waals surface area (Å²) >= 11 is 1.38. The summed E-state index contributed by atoms with van der Waals surface area (Å²) < 4.78 is 0. The number of carbonyl (C=O) groups is 3. The predicted molar refractivity (Wildman–Crippen MR) is 67.3 cm³/mol. The molecule has 2 unspecified atom stereocenters. The number of carbonyl (C=O) groups excluding carboxylic acids is 2. The van der Waals surface area contributed by atoms with E-state index in [0.717, 1.165) is 0 Å². The highest BCUT2D eigenvalue weighted by molar-refractivity contribution is 7.99. The van der Waals surface area contributed by atoms with Crippen LogP contribution in [-0.4, -0.2) is 70.6 Å². The van der Waals surface area contributed by atoms with Crippen LogP contribution in [0.2, 0.25) is 0 Å². The largest absolute Gasteiger partial charge is 0.480 e. The summed E-state index contributed by atoms with van der Waals surface area (Å²) in [5.74, 6) is -0.562. The van der Waals surface area contributed by atoms with E-state index in [-0.39, 0.29) is 5.91 Å². The van der Waals surface area contributed by atoms with E-state index in [0.29, 0.717) is 11.6 Å². The second-order valence-corrected chi connectivity index (χ2v) is 5.23. The van der Waals surface area contributed by atoms with Gasteiger partial charge in [0, 0.05) is 19.8 Å². The van der Waals surface area contributed by atoms with Gasteiger partial charge in [0.15, 0.2) is 0 Å². The van der Waals surface area contributed by atoms with Crippen LogP contribution >= 0.6 is 11.8 Å². The van der Waals surface area contributed by atoms with Gasteiger partial charge in [-0.05, 0) is 6.92 Å². The molecule has 102 valence electrons. The summed E-state index contributed by atoms with van der Waals surface area (Å²) in [6.45, 7) is 1.57. The van der Waals surface area contributed by atoms with Crippen molar-refractivity contribution in [3.05, 3.63) is 0 Å². The Labute approximate surface area is 109 Å². The number of hydrogen-bond donors (Lipinski definition) is 2. The lowest BCUT2D eigenvalue weighted by atomic mass is 10.3. The molecule has 1 aliphatic rings. The molecule has 0 bridgehead atoms. The first kappa shape index (κ1) is 14.6. The van der Waals surface area contributed by atoms with Crippen LogP contribution in [0.1, 0.15) is 6.92 Å². The highest BCUT2D eigenvalue weighted by Gasteiger charge is 2.35. The quantitative estimate of drug-likeness (QED) is 0.733. The molecule has 3 amide bonds. The molecule has 18 heavy (non-hydrogen) atoms. The number of aliphatic carboxylic acids is 1. The molecule has 0 aliphatic carbocycles. The van der Waals surface area contributed by atoms with Crippen LogP contribution in [-0.2, 0) is 9.59 Å². The summed E-state index contributed by atoms with van der Waals surface area (Å²) in [5.41, 5.74) is 0. The first-order chi connectivity index (χ1) is 8.34. The van der Waals surface area contributed by atoms with Gasteiger partial charge in [-0.15, -0.1) is 11.8 Å². The molecule has 0 radical (unpaired) electrons. The lowest BCUT2D eigenvalue weighted by Gasteiger charge is -2.24. The van der Waals surface area contributed by atoms with Gasteiger partial charge < -0.3 is 20.2 Å². The lowest BCUT2D eigenvalue weighted by molar-refractivity contribution is -0.140. The number of rotatable bonds is 3. The fourth-order valence-electron chi connectivity index (χ4n) is 1.56. The Balaban J connectivity index is 2.60. The van der Waals surface area contributed by atoms with Gasteiger partial charge >= 0.3 is 12.0 Å². The van der Waals surface area contributed by atoms with E-state index in [2.05, 4.69) is 5.32 Å². The molecule has 0 aromatic carbocycles. The molecule has 1 rings (SSSR count). The minimum Gasteiger partial charge on any atom is -0.480 e. The van der Waals surface area contributed by atoms with Crippen LogP contribution in [0.3, 0.4) is 0 Å². The Morgan fingerprint density at radius 3 is 2.56 bits per heavy atom. The molecule has 1 heterocycles. The maximum Gasteiger partial charge on any atom is 0.327 e. The Bertz CT molecular complexity index is 361. The van der Waals surface area contributed by atoms with Gasteiger partial charge in [-0.2, -0.15) is 0 Å². The Kier molecular flexibility index (Phi) is 4.83. The van der Waals surface area contributed by atoms with Crippen molar-refractivity contribution in [2.24, 2.45) is 0 Å². The minimum absolute atomic E-state index is 0.234. The molecular formula is C10H17N3O4S. The summed E-state index contributed by atoms with van der Waals surface area (Å²) in [6, 6.07) is -2.01. The average molecular weight is 275 g/mol. The second kappa shape index (κ2) is 5.94. The summed E-state index contributed by atoms with van der Waals surface area (Å²) in [7, 11) is 3.19. The first-order valence-electron chi connectivity index (χ1n) is 5.43. The summed E-state index contributed by atoms with van der Waals surface area (Å²) in [5, 5.41) is 11.5. The Morgan fingerprint density at radius 1 is 1.44 bits per heavy atom. The zero-order chi connectivity index (χ0) is 13.9. The van der Waals surface area contributed by atoms with E-state index in [1.807, 2.05) is 0 Å². The third kappa shape index (κ3) is 3.28. The first-order valence-corrected chi connectivity index (χ1v) is 6.59. The van der Waals surface area contributed by atoms with Gasteiger partial charge in [-0.3, -0.25) is 4.79 Å². The fourth-order valence-corrected chi connectivity index (χ4v) is 2.71. The van der Waals surface area contributed by atoms with E-state index in [9.17, 15) is 14.4 Å². The molecule has 7 nitrogen and oxygen atoms in total. The van der Waals surface area contributed by atoms with E-state index < -0.39 is 24.1 Å². The highest BCUT2D eigenvalue weighted by Crippen LogP contribution is 2.20. The van der Waals surface area contributed by atoms with Crippen molar-refractivity contribution in [2.75, 3.05) is 25.7 Å². The molecule has 2 N–H and O–H groups in total. The number of amides is 3. The molecule has 8 heteroatoms. The summed E-state index contributed by atoms with van der Waals surface area (Å²) in [4.78, 5) is 37.0. The number of carboxylic acids is 1. The van der Waals surface area contributed by atoms with Gasteiger partial charge in [0.05, 0.1) is 5.88 Å². The van der Waals surface area contributed by atoms with Crippen molar-refractivity contribution in [3.63, 3.8) is 0 Å². The SMILES string of the molecule is CC(NC(=O)N1CSCC1C(=O)O)C(=O)N(C)C. The summed E-state index contributed by atoms with van der Waals surface area (Å²) in [6.07, 6.45) is 0. The molecule has 0 spiro atoms. The third-order valence-corrected chi connectivity index (χ3v) is 3.59. The number of carboxylic acid groups (broad SMARTS) is 1. The van der Waals surface area contributed by atoms with Crippen molar-refractivity contribution in [1.82, 2.24) is 15.1 Å². The van der Waals surface area contributed by atoms with Gasteiger partial charge in [0.1, 0.15) is 12.1 Å². The van der Waals surface area contributed by atoms with E-state index >= 15 is 0 Å². The average Bonchev–Trinajstić information content (AvgIpc) is 2.76. The molecule has 1 fully saturated rings. The van der Waals surface area contributed by atoms with Crippen molar-refractivity contribution in [1.29, 1.82) is 0 Å². The maximum atomic E-state index is 11.9. The zero-order valence-corrected chi connectivity index (χ0v) is 11.4. The molecule has 0 aromatic rings. The highest BCUT2D eigenvalue weighted by atomic mass is 32.2. The number of nitrogens with zero attached hydrogens (tertiary/aromatic N) is 2.